The van der Waals surface area contributed by atoms with Crippen molar-refractivity contribution in [2.75, 3.05) is 23.3 Å². The van der Waals surface area contributed by atoms with Crippen LogP contribution in [0.1, 0.15) is 18.0 Å². The first-order valence-corrected chi connectivity index (χ1v) is 9.83. The third kappa shape index (κ3) is 4.71. The van der Waals surface area contributed by atoms with E-state index < -0.39 is 36.6 Å². The van der Waals surface area contributed by atoms with Gasteiger partial charge in [-0.3, -0.25) is 0 Å². The van der Waals surface area contributed by atoms with E-state index in [-0.39, 0.29) is 40.8 Å². The van der Waals surface area contributed by atoms with E-state index in [2.05, 4.69) is 15.4 Å². The molecule has 0 radical (unpaired) electrons. The van der Waals surface area contributed by atoms with E-state index in [0.717, 1.165) is 18.2 Å². The molecule has 0 spiro atoms. The van der Waals surface area contributed by atoms with E-state index in [4.69, 9.17) is 12.2 Å². The van der Waals surface area contributed by atoms with E-state index in [9.17, 15) is 26.3 Å². The molecule has 1 fully saturated rings. The molecule has 0 aliphatic carbocycles. The first kappa shape index (κ1) is 22.1. The molecule has 0 saturated carbocycles. The van der Waals surface area contributed by atoms with Crippen LogP contribution in [0.4, 0.5) is 37.8 Å². The first-order chi connectivity index (χ1) is 15.1. The average molecular weight is 474 g/mol. The molecule has 32 heavy (non-hydrogen) atoms. The molecule has 2 N–H and O–H groups in total. The van der Waals surface area contributed by atoms with E-state index in [1.165, 1.54) is 27.9 Å². The summed E-state index contributed by atoms with van der Waals surface area (Å²) in [5, 5.41) is 8.39. The van der Waals surface area contributed by atoms with Gasteiger partial charge in [-0.2, -0.15) is 18.3 Å². The van der Waals surface area contributed by atoms with Gasteiger partial charge < -0.3 is 15.5 Å². The Bertz CT molecular complexity index is 1150. The number of rotatable bonds is 4. The molecule has 2 aromatic heterocycles. The van der Waals surface area contributed by atoms with Gasteiger partial charge in [-0.25, -0.2) is 22.7 Å². The monoisotopic (exact) mass is 474 g/mol. The Balaban J connectivity index is 1.62. The summed E-state index contributed by atoms with van der Waals surface area (Å²) < 4.78 is 80.8. The molecule has 170 valence electrons. The van der Waals surface area contributed by atoms with Crippen molar-refractivity contribution < 1.29 is 26.3 Å². The van der Waals surface area contributed by atoms with Crippen molar-refractivity contribution in [2.45, 2.75) is 24.8 Å². The second-order valence-corrected chi connectivity index (χ2v) is 7.61. The van der Waals surface area contributed by atoms with Crippen molar-refractivity contribution in [3.8, 4) is 0 Å². The van der Waals surface area contributed by atoms with Gasteiger partial charge in [0.15, 0.2) is 10.8 Å². The van der Waals surface area contributed by atoms with Crippen molar-refractivity contribution in [1.29, 1.82) is 0 Å². The van der Waals surface area contributed by atoms with Crippen LogP contribution in [-0.2, 0) is 0 Å². The highest BCUT2D eigenvalue weighted by Gasteiger charge is 2.36. The zero-order valence-electron chi connectivity index (χ0n) is 16.2. The van der Waals surface area contributed by atoms with Gasteiger partial charge in [0, 0.05) is 18.2 Å². The number of benzene rings is 1. The quantitative estimate of drug-likeness (QED) is 0.438. The number of hydrogen-bond donors (Lipinski definition) is 2. The summed E-state index contributed by atoms with van der Waals surface area (Å²) in [6.45, 7) is -1.41. The summed E-state index contributed by atoms with van der Waals surface area (Å²) in [7, 11) is 0. The van der Waals surface area contributed by atoms with Gasteiger partial charge in [-0.1, -0.05) is 0 Å². The zero-order valence-corrected chi connectivity index (χ0v) is 17.0. The zero-order chi connectivity index (χ0) is 23.0. The van der Waals surface area contributed by atoms with Gasteiger partial charge in [0.2, 0.25) is 0 Å². The topological polar surface area (TPSA) is 57.5 Å². The van der Waals surface area contributed by atoms with Crippen molar-refractivity contribution >= 4 is 34.5 Å². The van der Waals surface area contributed by atoms with Crippen molar-refractivity contribution in [1.82, 2.24) is 19.9 Å². The number of anilines is 2. The lowest BCUT2D eigenvalue weighted by atomic mass is 10.0. The molecule has 0 unspecified atom stereocenters. The Morgan fingerprint density at radius 3 is 2.75 bits per heavy atom. The summed E-state index contributed by atoms with van der Waals surface area (Å²) in [6, 6.07) is 3.74. The van der Waals surface area contributed by atoms with E-state index in [1.807, 2.05) is 5.32 Å². The maximum atomic E-state index is 14.3. The van der Waals surface area contributed by atoms with Crippen LogP contribution in [0.25, 0.3) is 5.65 Å². The molecule has 0 amide bonds. The number of alkyl halides is 4. The second kappa shape index (κ2) is 8.45. The number of hydrogen-bond acceptors (Lipinski definition) is 4. The van der Waals surface area contributed by atoms with Crippen LogP contribution in [-0.4, -0.2) is 45.1 Å². The number of aromatic nitrogens is 3. The molecule has 3 aromatic rings. The van der Waals surface area contributed by atoms with Crippen LogP contribution < -0.4 is 15.5 Å². The van der Waals surface area contributed by atoms with Gasteiger partial charge in [-0.05, 0) is 36.5 Å². The Morgan fingerprint density at radius 2 is 2.00 bits per heavy atom. The fourth-order valence-electron chi connectivity index (χ4n) is 3.56. The summed E-state index contributed by atoms with van der Waals surface area (Å²) in [4.78, 5) is 5.93. The Labute approximate surface area is 183 Å². The molecule has 1 aromatic carbocycles. The number of nitrogens with one attached hydrogen (secondary N) is 2. The predicted molar refractivity (Wildman–Crippen MR) is 109 cm³/mol. The molecule has 1 aliphatic rings. The van der Waals surface area contributed by atoms with Crippen molar-refractivity contribution in [3.63, 3.8) is 0 Å². The van der Waals surface area contributed by atoms with Crippen LogP contribution in [0.3, 0.4) is 0 Å². The second-order valence-electron chi connectivity index (χ2n) is 7.20. The SMILES string of the molecule is Fc1ccc(F)c([C@H]2C[C@H](F)CN2c2ccn3ncc(NC(=S)NCC(F)(F)F)c3n2)c1. The molecule has 2 atom stereocenters. The molecule has 6 nitrogen and oxygen atoms in total. The van der Waals surface area contributed by atoms with Gasteiger partial charge in [0.25, 0.3) is 0 Å². The van der Waals surface area contributed by atoms with Crippen molar-refractivity contribution in [2.24, 2.45) is 0 Å². The molecule has 3 heterocycles. The lowest BCUT2D eigenvalue weighted by Crippen LogP contribution is -2.36. The smallest absolute Gasteiger partial charge is 0.353 e. The van der Waals surface area contributed by atoms with Gasteiger partial charge in [0.05, 0.1) is 18.8 Å². The number of thiocarbonyl (C=S) groups is 1. The fourth-order valence-corrected chi connectivity index (χ4v) is 3.74. The van der Waals surface area contributed by atoms with Crippen LogP contribution >= 0.6 is 12.2 Å². The maximum Gasteiger partial charge on any atom is 0.405 e. The fraction of sp³-hybridized carbons (Fsp3) is 0.316. The molecular formula is C19H16F6N6S. The Hall–Kier alpha value is -3.09. The third-order valence-corrected chi connectivity index (χ3v) is 5.16. The standard InChI is InChI=1S/C19H16F6N6S/c20-10-1-2-13(22)12(5-10)15-6-11(21)8-30(15)16-3-4-31-17(29-16)14(7-27-31)28-18(32)26-9-19(23,24)25/h1-5,7,11,15H,6,8-9H2,(H2,26,28,32)/t11-,15+/m0/s1. The summed E-state index contributed by atoms with van der Waals surface area (Å²) >= 11 is 4.87. The number of nitrogens with zero attached hydrogens (tertiary/aromatic N) is 4. The van der Waals surface area contributed by atoms with Crippen molar-refractivity contribution in [3.05, 3.63) is 53.9 Å². The van der Waals surface area contributed by atoms with Crippen LogP contribution in [0.15, 0.2) is 36.7 Å². The highest BCUT2D eigenvalue weighted by Crippen LogP contribution is 2.38. The minimum Gasteiger partial charge on any atom is -0.353 e. The molecule has 13 heteroatoms. The Kier molecular flexibility index (Phi) is 5.84. The van der Waals surface area contributed by atoms with Crippen LogP contribution in [0.2, 0.25) is 0 Å². The minimum absolute atomic E-state index is 0.0104. The lowest BCUT2D eigenvalue weighted by molar-refractivity contribution is -0.121. The maximum absolute atomic E-state index is 14.3. The number of fused-ring (bicyclic) bond motifs is 1. The highest BCUT2D eigenvalue weighted by molar-refractivity contribution is 7.80. The first-order valence-electron chi connectivity index (χ1n) is 9.42. The van der Waals surface area contributed by atoms with Crippen LogP contribution in [0, 0.1) is 11.6 Å². The summed E-state index contributed by atoms with van der Waals surface area (Å²) in [5.74, 6) is -1.04. The van der Waals surface area contributed by atoms with E-state index in [0.29, 0.717) is 0 Å². The molecule has 1 saturated heterocycles. The Morgan fingerprint density at radius 1 is 1.22 bits per heavy atom. The van der Waals surface area contributed by atoms with Gasteiger partial charge in [-0.15, -0.1) is 0 Å². The predicted octanol–water partition coefficient (Wildman–Crippen LogP) is 4.15. The minimum atomic E-state index is -4.45. The largest absolute Gasteiger partial charge is 0.405 e. The number of halogens is 6. The summed E-state index contributed by atoms with van der Waals surface area (Å²) in [5.41, 5.74) is 0.437. The lowest BCUT2D eigenvalue weighted by Gasteiger charge is -2.26. The molecule has 4 rings (SSSR count). The molecule has 0 bridgehead atoms. The van der Waals surface area contributed by atoms with Crippen LogP contribution in [0.5, 0.6) is 0 Å². The van der Waals surface area contributed by atoms with E-state index in [1.54, 1.807) is 0 Å². The van der Waals surface area contributed by atoms with E-state index >= 15 is 0 Å². The average Bonchev–Trinajstić information content (AvgIpc) is 3.31. The normalized spacial score (nSPS) is 18.9. The molecule has 1 aliphatic heterocycles. The van der Waals surface area contributed by atoms with Gasteiger partial charge >= 0.3 is 6.18 Å². The summed E-state index contributed by atoms with van der Waals surface area (Å²) in [6.07, 6.45) is -2.96. The third-order valence-electron chi connectivity index (χ3n) is 4.91. The van der Waals surface area contributed by atoms with Gasteiger partial charge in [0.1, 0.15) is 35.9 Å². The molecular weight excluding hydrogens is 458 g/mol. The highest BCUT2D eigenvalue weighted by atomic mass is 32.1.